The normalized spacial score (nSPS) is 20.5. The van der Waals surface area contributed by atoms with Gasteiger partial charge in [0.1, 0.15) is 11.9 Å². The van der Waals surface area contributed by atoms with E-state index in [1.165, 1.54) is 12.1 Å². The van der Waals surface area contributed by atoms with Gasteiger partial charge >= 0.3 is 6.18 Å². The number of piperidine rings is 3. The molecule has 0 aliphatic carbocycles. The molecule has 2 atom stereocenters. The van der Waals surface area contributed by atoms with Crippen molar-refractivity contribution >= 4 is 51.8 Å². The van der Waals surface area contributed by atoms with Gasteiger partial charge in [-0.05, 0) is 121 Å². The van der Waals surface area contributed by atoms with Gasteiger partial charge in [-0.25, -0.2) is 4.98 Å². The van der Waals surface area contributed by atoms with Crippen LogP contribution in [0.15, 0.2) is 97.1 Å². The highest BCUT2D eigenvalue weighted by Crippen LogP contribution is 2.37. The molecule has 1 unspecified atom stereocenters. The van der Waals surface area contributed by atoms with Crippen LogP contribution in [0.4, 0.5) is 24.7 Å². The minimum absolute atomic E-state index is 0.0888. The Bertz CT molecular complexity index is 2800. The molecule has 69 heavy (non-hydrogen) atoms. The van der Waals surface area contributed by atoms with Crippen LogP contribution in [0.25, 0.3) is 21.9 Å². The molecule has 16 heteroatoms. The van der Waals surface area contributed by atoms with Crippen molar-refractivity contribution in [1.82, 2.24) is 30.3 Å². The maximum Gasteiger partial charge on any atom is 0.416 e. The second-order valence-electron chi connectivity index (χ2n) is 19.3. The Morgan fingerprint density at radius 2 is 1.48 bits per heavy atom. The van der Waals surface area contributed by atoms with Crippen LogP contribution in [0.1, 0.15) is 93.8 Å². The van der Waals surface area contributed by atoms with Gasteiger partial charge in [0.25, 0.3) is 17.7 Å². The first-order chi connectivity index (χ1) is 33.2. The van der Waals surface area contributed by atoms with Crippen molar-refractivity contribution < 1.29 is 37.1 Å². The zero-order valence-corrected chi connectivity index (χ0v) is 38.4. The molecular formula is C53H55F3N8O5. The highest BCUT2D eigenvalue weighted by molar-refractivity contribution is 6.25. The van der Waals surface area contributed by atoms with Gasteiger partial charge in [-0.15, -0.1) is 0 Å². The first-order valence-electron chi connectivity index (χ1n) is 24.0. The van der Waals surface area contributed by atoms with Gasteiger partial charge in [-0.2, -0.15) is 13.2 Å². The van der Waals surface area contributed by atoms with Gasteiger partial charge in [-0.1, -0.05) is 48.5 Å². The second kappa shape index (κ2) is 19.0. The highest BCUT2D eigenvalue weighted by atomic mass is 19.4. The molecule has 358 valence electrons. The molecule has 4 fully saturated rings. The molecular weight excluding hydrogens is 886 g/mol. The second-order valence-corrected chi connectivity index (χ2v) is 19.3. The molecule has 6 heterocycles. The van der Waals surface area contributed by atoms with E-state index in [-0.39, 0.29) is 24.8 Å². The number of anilines is 2. The van der Waals surface area contributed by atoms with E-state index in [1.807, 2.05) is 55.5 Å². The van der Waals surface area contributed by atoms with Crippen molar-refractivity contribution in [2.75, 3.05) is 62.6 Å². The number of nitrogens with zero attached hydrogens (tertiary/aromatic N) is 5. The van der Waals surface area contributed by atoms with Crippen LogP contribution in [0, 0.1) is 11.8 Å². The summed E-state index contributed by atoms with van der Waals surface area (Å²) in [5.74, 6) is -0.208. The van der Waals surface area contributed by atoms with Crippen LogP contribution in [0.5, 0.6) is 0 Å². The fraction of sp³-hybridized carbons (Fsp3) is 0.396. The zero-order valence-electron chi connectivity index (χ0n) is 38.4. The minimum Gasteiger partial charge on any atom is -0.371 e. The lowest BCUT2D eigenvalue weighted by atomic mass is 9.91. The summed E-state index contributed by atoms with van der Waals surface area (Å²) < 4.78 is 39.4. The summed E-state index contributed by atoms with van der Waals surface area (Å²) in [6.45, 7) is 9.83. The summed E-state index contributed by atoms with van der Waals surface area (Å²) in [7, 11) is 0. The number of carbonyl (C=O) groups is 5. The number of alkyl halides is 3. The molecule has 13 nitrogen and oxygen atoms in total. The van der Waals surface area contributed by atoms with Crippen LogP contribution >= 0.6 is 0 Å². The average Bonchev–Trinajstić information content (AvgIpc) is 3.59. The lowest BCUT2D eigenvalue weighted by Gasteiger charge is -2.45. The molecule has 5 aliphatic heterocycles. The molecule has 0 saturated carbocycles. The van der Waals surface area contributed by atoms with Gasteiger partial charge < -0.3 is 25.3 Å². The molecule has 5 aromatic rings. The number of rotatable bonds is 12. The molecule has 5 amide bonds. The van der Waals surface area contributed by atoms with Gasteiger partial charge in [0.2, 0.25) is 11.8 Å². The lowest BCUT2D eigenvalue weighted by Crippen LogP contribution is -2.54. The van der Waals surface area contributed by atoms with Crippen molar-refractivity contribution in [2.24, 2.45) is 11.8 Å². The third kappa shape index (κ3) is 9.69. The summed E-state index contributed by atoms with van der Waals surface area (Å²) >= 11 is 0. The molecule has 0 bridgehead atoms. The highest BCUT2D eigenvalue weighted by Gasteiger charge is 2.46. The number of benzene rings is 4. The fourth-order valence-electron chi connectivity index (χ4n) is 10.9. The SMILES string of the molecule is C[C@H](NC(=O)c1ccc2c(-c3ccc(C(F)(F)F)cc3)cccc2c1)c1cccc(NC2CCN(CC3CN(CC4CCN(c5cccc6c5C(=O)N(C5CCC(=O)NC5=O)C6=O)CC4)C3)CC2)n1. The first-order valence-corrected chi connectivity index (χ1v) is 24.0. The topological polar surface area (TPSA) is 147 Å². The Labute approximate surface area is 398 Å². The van der Waals surface area contributed by atoms with Crippen LogP contribution in [0.3, 0.4) is 0 Å². The number of carbonyl (C=O) groups excluding carboxylic acids is 5. The van der Waals surface area contributed by atoms with Crippen LogP contribution in [-0.2, 0) is 15.8 Å². The van der Waals surface area contributed by atoms with E-state index < -0.39 is 41.4 Å². The van der Waals surface area contributed by atoms with E-state index in [2.05, 4.69) is 30.7 Å². The van der Waals surface area contributed by atoms with E-state index in [4.69, 9.17) is 4.98 Å². The number of aromatic nitrogens is 1. The maximum atomic E-state index is 13.7. The Balaban J connectivity index is 0.648. The van der Waals surface area contributed by atoms with Crippen LogP contribution in [-0.4, -0.2) is 114 Å². The Kier molecular flexibility index (Phi) is 12.7. The molecule has 3 N–H and O–H groups in total. The number of imide groups is 2. The third-order valence-electron chi connectivity index (χ3n) is 14.6. The Morgan fingerprint density at radius 1 is 0.768 bits per heavy atom. The van der Waals surface area contributed by atoms with Gasteiger partial charge in [0, 0.05) is 70.4 Å². The number of amides is 5. The summed E-state index contributed by atoms with van der Waals surface area (Å²) in [5, 5.41) is 10.6. The summed E-state index contributed by atoms with van der Waals surface area (Å²) in [5.41, 5.74) is 3.38. The van der Waals surface area contributed by atoms with Crippen molar-refractivity contribution in [3.05, 3.63) is 125 Å². The van der Waals surface area contributed by atoms with Gasteiger partial charge in [-0.3, -0.25) is 34.2 Å². The van der Waals surface area contributed by atoms with E-state index in [0.29, 0.717) is 40.1 Å². The van der Waals surface area contributed by atoms with E-state index in [0.717, 1.165) is 129 Å². The Morgan fingerprint density at radius 3 is 2.22 bits per heavy atom. The molecule has 0 radical (unpaired) electrons. The zero-order chi connectivity index (χ0) is 48.0. The standard InChI is InChI=1S/C53H55F3N8O5/c1-32(57-49(66)37-13-16-41-36(27-37)5-2-6-40(41)35-11-14-38(15-12-35)53(54,55)56)43-8-4-10-46(59-43)58-39-21-23-61(24-22-39)29-34-30-62(31-34)28-33-19-25-63(26-20-33)44-9-3-7-42-48(44)52(69)64(51(42)68)45-17-18-47(65)60-50(45)67/h2-16,27,32-34,39,45H,17-26,28-31H2,1H3,(H,57,66)(H,58,59)(H,60,65,67)/t32-,45?/m0/s1. The van der Waals surface area contributed by atoms with E-state index >= 15 is 0 Å². The largest absolute Gasteiger partial charge is 0.416 e. The van der Waals surface area contributed by atoms with Crippen LogP contribution < -0.4 is 20.9 Å². The average molecular weight is 941 g/mol. The summed E-state index contributed by atoms with van der Waals surface area (Å²) in [6.07, 6.45) is -0.187. The van der Waals surface area contributed by atoms with Crippen LogP contribution in [0.2, 0.25) is 0 Å². The first kappa shape index (κ1) is 46.1. The van der Waals surface area contributed by atoms with Crippen molar-refractivity contribution in [2.45, 2.75) is 69.8 Å². The quantitative estimate of drug-likeness (QED) is 0.107. The number of fused-ring (bicyclic) bond motifs is 2. The van der Waals surface area contributed by atoms with Gasteiger partial charge in [0.15, 0.2) is 0 Å². The number of pyridine rings is 1. The number of halogens is 3. The molecule has 5 aliphatic rings. The number of hydrogen-bond donors (Lipinski definition) is 3. The molecule has 4 saturated heterocycles. The molecule has 4 aromatic carbocycles. The smallest absolute Gasteiger partial charge is 0.371 e. The number of nitrogens with one attached hydrogen (secondary N) is 3. The Hall–Kier alpha value is -6.65. The molecule has 0 spiro atoms. The lowest BCUT2D eigenvalue weighted by molar-refractivity contribution is -0.138. The van der Waals surface area contributed by atoms with Crippen molar-refractivity contribution in [3.8, 4) is 11.1 Å². The molecule has 10 rings (SSSR count). The minimum atomic E-state index is -4.41. The van der Waals surface area contributed by atoms with Crippen molar-refractivity contribution in [3.63, 3.8) is 0 Å². The predicted molar refractivity (Wildman–Crippen MR) is 256 cm³/mol. The van der Waals surface area contributed by atoms with E-state index in [1.54, 1.807) is 24.3 Å². The van der Waals surface area contributed by atoms with Crippen molar-refractivity contribution in [1.29, 1.82) is 0 Å². The number of likely N-dealkylation sites (tertiary alicyclic amines) is 2. The third-order valence-corrected chi connectivity index (χ3v) is 14.6. The molecule has 1 aromatic heterocycles. The summed E-state index contributed by atoms with van der Waals surface area (Å²) in [6, 6.07) is 26.2. The van der Waals surface area contributed by atoms with Gasteiger partial charge in [0.05, 0.1) is 34.1 Å². The maximum absolute atomic E-state index is 13.7. The monoisotopic (exact) mass is 940 g/mol. The summed E-state index contributed by atoms with van der Waals surface area (Å²) in [4.78, 5) is 78.0. The van der Waals surface area contributed by atoms with E-state index in [9.17, 15) is 37.1 Å². The fourth-order valence-corrected chi connectivity index (χ4v) is 10.9. The number of hydrogen-bond acceptors (Lipinski definition) is 10. The predicted octanol–water partition coefficient (Wildman–Crippen LogP) is 7.54.